The Bertz CT molecular complexity index is 670. The molecule has 1 unspecified atom stereocenters. The third kappa shape index (κ3) is 2.73. The molecule has 7 heteroatoms. The highest BCUT2D eigenvalue weighted by Crippen LogP contribution is 2.37. The van der Waals surface area contributed by atoms with Gasteiger partial charge < -0.3 is 10.0 Å². The maximum Gasteiger partial charge on any atom is 0.244 e. The molecular weight excluding hydrogens is 324 g/mol. The molecule has 0 aliphatic carbocycles. The molecule has 3 rings (SSSR count). The van der Waals surface area contributed by atoms with Crippen molar-refractivity contribution in [3.8, 4) is 0 Å². The molecule has 0 spiro atoms. The van der Waals surface area contributed by atoms with Crippen LogP contribution in [-0.2, 0) is 16.4 Å². The van der Waals surface area contributed by atoms with Crippen LogP contribution in [0.3, 0.4) is 0 Å². The number of benzene rings is 1. The van der Waals surface area contributed by atoms with Gasteiger partial charge in [-0.3, -0.25) is 0 Å². The number of hydrogen-bond acceptors (Lipinski definition) is 4. The molecule has 1 aromatic carbocycles. The zero-order valence-corrected chi connectivity index (χ0v) is 14.2. The van der Waals surface area contributed by atoms with Crippen molar-refractivity contribution in [3.63, 3.8) is 0 Å². The van der Waals surface area contributed by atoms with Crippen molar-refractivity contribution >= 4 is 27.3 Å². The second-order valence-corrected chi connectivity index (χ2v) is 8.26. The van der Waals surface area contributed by atoms with Gasteiger partial charge in [-0.05, 0) is 43.9 Å². The Morgan fingerprint density at radius 1 is 1.18 bits per heavy atom. The Balaban J connectivity index is 2.02. The van der Waals surface area contributed by atoms with Crippen LogP contribution in [0.1, 0.15) is 31.7 Å². The van der Waals surface area contributed by atoms with E-state index in [1.54, 1.807) is 24.0 Å². The number of piperidine rings is 1. The van der Waals surface area contributed by atoms with Gasteiger partial charge in [-0.1, -0.05) is 18.0 Å². The summed E-state index contributed by atoms with van der Waals surface area (Å²) in [5, 5.41) is 10.1. The number of aliphatic hydroxyl groups is 1. The largest absolute Gasteiger partial charge is 0.374 e. The van der Waals surface area contributed by atoms with E-state index >= 15 is 0 Å². The predicted octanol–water partition coefficient (Wildman–Crippen LogP) is 2.22. The Morgan fingerprint density at radius 3 is 2.50 bits per heavy atom. The highest BCUT2D eigenvalue weighted by molar-refractivity contribution is 7.89. The number of sulfonamides is 1. The summed E-state index contributed by atoms with van der Waals surface area (Å²) in [7, 11) is -3.57. The van der Waals surface area contributed by atoms with Gasteiger partial charge in [0, 0.05) is 25.3 Å². The van der Waals surface area contributed by atoms with Gasteiger partial charge in [0.15, 0.2) is 0 Å². The predicted molar refractivity (Wildman–Crippen MR) is 86.8 cm³/mol. The number of rotatable bonds is 3. The Morgan fingerprint density at radius 2 is 1.86 bits per heavy atom. The van der Waals surface area contributed by atoms with Crippen molar-refractivity contribution < 1.29 is 13.5 Å². The van der Waals surface area contributed by atoms with Crippen molar-refractivity contribution in [2.24, 2.45) is 0 Å². The van der Waals surface area contributed by atoms with Crippen LogP contribution in [0.4, 0.5) is 5.69 Å². The molecule has 0 bridgehead atoms. The molecule has 1 N–H and O–H groups in total. The highest BCUT2D eigenvalue weighted by Gasteiger charge is 2.31. The molecule has 1 saturated heterocycles. The first-order valence-corrected chi connectivity index (χ1v) is 9.50. The van der Waals surface area contributed by atoms with E-state index in [0.717, 1.165) is 36.9 Å². The molecule has 1 aromatic rings. The van der Waals surface area contributed by atoms with E-state index in [2.05, 4.69) is 0 Å². The summed E-state index contributed by atoms with van der Waals surface area (Å²) in [6, 6.07) is 3.36. The number of anilines is 1. The minimum Gasteiger partial charge on any atom is -0.374 e. The summed E-state index contributed by atoms with van der Waals surface area (Å²) < 4.78 is 27.2. The molecule has 22 heavy (non-hydrogen) atoms. The van der Waals surface area contributed by atoms with E-state index in [0.29, 0.717) is 19.6 Å². The minimum absolute atomic E-state index is 0.155. The first-order chi connectivity index (χ1) is 10.4. The molecule has 0 radical (unpaired) electrons. The fourth-order valence-corrected chi connectivity index (χ4v) is 5.30. The summed E-state index contributed by atoms with van der Waals surface area (Å²) in [4.78, 5) is 1.96. The van der Waals surface area contributed by atoms with Gasteiger partial charge in [0.2, 0.25) is 10.0 Å². The van der Waals surface area contributed by atoms with Gasteiger partial charge in [0.05, 0.1) is 5.02 Å². The second kappa shape index (κ2) is 6.00. The molecular formula is C15H21ClN2O3S. The van der Waals surface area contributed by atoms with Crippen LogP contribution in [0.5, 0.6) is 0 Å². The SMILES string of the molecule is CC(O)N1CCc2cc(Cl)c(S(=O)(=O)N3CCCCC3)cc21. The van der Waals surface area contributed by atoms with E-state index in [1.807, 2.05) is 0 Å². The van der Waals surface area contributed by atoms with E-state index < -0.39 is 16.3 Å². The van der Waals surface area contributed by atoms with Crippen molar-refractivity contribution in [2.45, 2.75) is 43.7 Å². The average molecular weight is 345 g/mol. The minimum atomic E-state index is -3.57. The van der Waals surface area contributed by atoms with Crippen molar-refractivity contribution in [1.82, 2.24) is 4.31 Å². The Kier molecular flexibility index (Phi) is 4.38. The standard InChI is InChI=1S/C15H21ClN2O3S/c1-11(19)18-8-5-12-9-13(16)15(10-14(12)18)22(20,21)17-6-3-2-4-7-17/h9-11,19H,2-8H2,1H3. The summed E-state index contributed by atoms with van der Waals surface area (Å²) >= 11 is 6.25. The van der Waals surface area contributed by atoms with Crippen molar-refractivity contribution in [2.75, 3.05) is 24.5 Å². The van der Waals surface area contributed by atoms with Gasteiger partial charge in [0.25, 0.3) is 0 Å². The van der Waals surface area contributed by atoms with Gasteiger partial charge >= 0.3 is 0 Å². The van der Waals surface area contributed by atoms with Gasteiger partial charge in [-0.15, -0.1) is 0 Å². The number of halogens is 1. The maximum atomic E-state index is 12.8. The molecule has 122 valence electrons. The number of fused-ring (bicyclic) bond motifs is 1. The second-order valence-electron chi connectivity index (χ2n) is 5.95. The smallest absolute Gasteiger partial charge is 0.244 e. The molecule has 2 heterocycles. The van der Waals surface area contributed by atoms with E-state index in [-0.39, 0.29) is 9.92 Å². The first-order valence-electron chi connectivity index (χ1n) is 7.68. The van der Waals surface area contributed by atoms with Crippen LogP contribution in [0.2, 0.25) is 5.02 Å². The number of hydrogen-bond donors (Lipinski definition) is 1. The summed E-state index contributed by atoms with van der Waals surface area (Å²) in [5.74, 6) is 0. The number of nitrogens with zero attached hydrogens (tertiary/aromatic N) is 2. The first kappa shape index (κ1) is 16.1. The lowest BCUT2D eigenvalue weighted by molar-refractivity contribution is 0.191. The summed E-state index contributed by atoms with van der Waals surface area (Å²) in [5.41, 5.74) is 1.76. The Hall–Kier alpha value is -0.820. The molecule has 0 aromatic heterocycles. The molecule has 2 aliphatic rings. The lowest BCUT2D eigenvalue weighted by Gasteiger charge is -2.27. The van der Waals surface area contributed by atoms with E-state index in [9.17, 15) is 13.5 Å². The maximum absolute atomic E-state index is 12.8. The van der Waals surface area contributed by atoms with E-state index in [4.69, 9.17) is 11.6 Å². The third-order valence-corrected chi connectivity index (χ3v) is 6.81. The van der Waals surface area contributed by atoms with Crippen molar-refractivity contribution in [1.29, 1.82) is 0 Å². The fraction of sp³-hybridized carbons (Fsp3) is 0.600. The summed E-state index contributed by atoms with van der Waals surface area (Å²) in [6.07, 6.45) is 2.97. The normalized spacial score (nSPS) is 21.0. The molecule has 0 amide bonds. The van der Waals surface area contributed by atoms with Gasteiger partial charge in [-0.2, -0.15) is 4.31 Å². The van der Waals surface area contributed by atoms with Crippen LogP contribution >= 0.6 is 11.6 Å². The van der Waals surface area contributed by atoms with Gasteiger partial charge in [-0.25, -0.2) is 8.42 Å². The zero-order chi connectivity index (χ0) is 15.9. The fourth-order valence-electron chi connectivity index (χ4n) is 3.24. The molecule has 1 atom stereocenters. The molecule has 0 saturated carbocycles. The third-order valence-electron chi connectivity index (χ3n) is 4.45. The molecule has 2 aliphatic heterocycles. The van der Waals surface area contributed by atoms with Crippen LogP contribution in [0.15, 0.2) is 17.0 Å². The van der Waals surface area contributed by atoms with Gasteiger partial charge in [0.1, 0.15) is 11.1 Å². The van der Waals surface area contributed by atoms with Crippen LogP contribution < -0.4 is 4.90 Å². The Labute approximate surface area is 136 Å². The van der Waals surface area contributed by atoms with Crippen LogP contribution in [-0.4, -0.2) is 43.7 Å². The molecule has 5 nitrogen and oxygen atoms in total. The lowest BCUT2D eigenvalue weighted by atomic mass is 10.2. The van der Waals surface area contributed by atoms with Crippen molar-refractivity contribution in [3.05, 3.63) is 22.7 Å². The topological polar surface area (TPSA) is 60.9 Å². The number of aliphatic hydroxyl groups excluding tert-OH is 1. The molecule has 1 fully saturated rings. The van der Waals surface area contributed by atoms with Crippen LogP contribution in [0.25, 0.3) is 0 Å². The summed E-state index contributed by atoms with van der Waals surface area (Å²) in [6.45, 7) is 3.46. The quantitative estimate of drug-likeness (QED) is 0.913. The monoisotopic (exact) mass is 344 g/mol. The highest BCUT2D eigenvalue weighted by atomic mass is 35.5. The zero-order valence-electron chi connectivity index (χ0n) is 12.6. The lowest BCUT2D eigenvalue weighted by Crippen LogP contribution is -2.36. The van der Waals surface area contributed by atoms with E-state index in [1.165, 1.54) is 4.31 Å². The average Bonchev–Trinajstić information content (AvgIpc) is 2.90. The van der Waals surface area contributed by atoms with Crippen LogP contribution in [0, 0.1) is 0 Å².